The van der Waals surface area contributed by atoms with Crippen LogP contribution in [-0.2, 0) is 19.9 Å². The highest BCUT2D eigenvalue weighted by Gasteiger charge is 2.48. The van der Waals surface area contributed by atoms with Gasteiger partial charge in [0.15, 0.2) is 0 Å². The van der Waals surface area contributed by atoms with E-state index in [-0.39, 0.29) is 0 Å². The van der Waals surface area contributed by atoms with E-state index < -0.39 is 5.60 Å². The van der Waals surface area contributed by atoms with Gasteiger partial charge in [-0.05, 0) is 32.2 Å². The summed E-state index contributed by atoms with van der Waals surface area (Å²) in [5.41, 5.74) is 1.29. The molecule has 0 saturated carbocycles. The molecule has 3 rings (SSSR count). The van der Waals surface area contributed by atoms with Crippen LogP contribution in [0.3, 0.4) is 0 Å². The molecule has 4 nitrogen and oxygen atoms in total. The Morgan fingerprint density at radius 3 is 2.95 bits per heavy atom. The molecule has 1 aromatic rings. The minimum absolute atomic E-state index is 0.309. The highest BCUT2D eigenvalue weighted by Crippen LogP contribution is 2.39. The first-order chi connectivity index (χ1) is 9.05. The summed E-state index contributed by atoms with van der Waals surface area (Å²) in [6.07, 6.45) is 4.61. The molecule has 5 heteroatoms. The maximum Gasteiger partial charge on any atom is 0.0869 e. The Kier molecular flexibility index (Phi) is 3.36. The highest BCUT2D eigenvalue weighted by molar-refractivity contribution is 6.31. The van der Waals surface area contributed by atoms with Gasteiger partial charge in [-0.3, -0.25) is 9.58 Å². The maximum absolute atomic E-state index is 11.0. The van der Waals surface area contributed by atoms with E-state index >= 15 is 0 Å². The summed E-state index contributed by atoms with van der Waals surface area (Å²) < 4.78 is 1.84. The molecule has 0 bridgehead atoms. The van der Waals surface area contributed by atoms with Crippen LogP contribution in [0.25, 0.3) is 0 Å². The second-order valence-electron chi connectivity index (χ2n) is 5.91. The summed E-state index contributed by atoms with van der Waals surface area (Å²) in [4.78, 5) is 2.42. The fourth-order valence-electron chi connectivity index (χ4n) is 3.71. The molecule has 0 spiro atoms. The molecule has 106 valence electrons. The van der Waals surface area contributed by atoms with E-state index in [2.05, 4.69) is 16.9 Å². The lowest BCUT2D eigenvalue weighted by atomic mass is 9.88. The van der Waals surface area contributed by atoms with Gasteiger partial charge < -0.3 is 5.11 Å². The maximum atomic E-state index is 11.0. The summed E-state index contributed by atoms with van der Waals surface area (Å²) in [6, 6.07) is 0.309. The topological polar surface area (TPSA) is 41.3 Å². The SMILES string of the molecule is CCc1nn(C)c(CC2(O)CCN3CCCC32)c1Cl. The third-order valence-corrected chi connectivity index (χ3v) is 5.23. The number of nitrogens with zero attached hydrogens (tertiary/aromatic N) is 3. The minimum atomic E-state index is -0.626. The van der Waals surface area contributed by atoms with Crippen molar-refractivity contribution < 1.29 is 5.11 Å². The number of fused-ring (bicyclic) bond motifs is 1. The van der Waals surface area contributed by atoms with Crippen molar-refractivity contribution >= 4 is 11.6 Å². The molecule has 19 heavy (non-hydrogen) atoms. The van der Waals surface area contributed by atoms with E-state index in [0.717, 1.165) is 48.8 Å². The molecule has 2 saturated heterocycles. The fraction of sp³-hybridized carbons (Fsp3) is 0.786. The fourth-order valence-corrected chi connectivity index (χ4v) is 4.07. The monoisotopic (exact) mass is 283 g/mol. The Morgan fingerprint density at radius 2 is 2.26 bits per heavy atom. The first-order valence-corrected chi connectivity index (χ1v) is 7.59. The lowest BCUT2D eigenvalue weighted by molar-refractivity contribution is 0.0125. The molecule has 2 aliphatic rings. The Bertz CT molecular complexity index is 487. The van der Waals surface area contributed by atoms with E-state index in [1.165, 1.54) is 6.42 Å². The summed E-state index contributed by atoms with van der Waals surface area (Å²) in [5, 5.41) is 16.2. The van der Waals surface area contributed by atoms with Crippen molar-refractivity contribution in [2.24, 2.45) is 7.05 Å². The molecule has 3 heterocycles. The van der Waals surface area contributed by atoms with E-state index in [1.807, 2.05) is 11.7 Å². The molecule has 2 fully saturated rings. The first-order valence-electron chi connectivity index (χ1n) is 7.22. The molecule has 2 aliphatic heterocycles. The van der Waals surface area contributed by atoms with Crippen molar-refractivity contribution in [3.05, 3.63) is 16.4 Å². The number of aliphatic hydroxyl groups is 1. The van der Waals surface area contributed by atoms with Gasteiger partial charge in [0.25, 0.3) is 0 Å². The highest BCUT2D eigenvalue weighted by atomic mass is 35.5. The zero-order chi connectivity index (χ0) is 13.6. The summed E-state index contributed by atoms with van der Waals surface area (Å²) in [7, 11) is 1.92. The largest absolute Gasteiger partial charge is 0.388 e. The molecule has 0 aliphatic carbocycles. The van der Waals surface area contributed by atoms with Crippen molar-refractivity contribution in [3.63, 3.8) is 0 Å². The van der Waals surface area contributed by atoms with Gasteiger partial charge in [-0.15, -0.1) is 0 Å². The number of aromatic nitrogens is 2. The lowest BCUT2D eigenvalue weighted by Gasteiger charge is -2.30. The van der Waals surface area contributed by atoms with Crippen molar-refractivity contribution in [1.82, 2.24) is 14.7 Å². The standard InChI is InChI=1S/C14H22ClN3O/c1-3-10-13(15)11(17(2)16-10)9-14(19)6-8-18-7-4-5-12(14)18/h12,19H,3-9H2,1-2H3. The molecule has 1 aromatic heterocycles. The number of aryl methyl sites for hydroxylation is 2. The lowest BCUT2D eigenvalue weighted by Crippen LogP contribution is -2.43. The molecule has 0 aromatic carbocycles. The van der Waals surface area contributed by atoms with Crippen LogP contribution in [0.1, 0.15) is 37.6 Å². The predicted molar refractivity (Wildman–Crippen MR) is 75.5 cm³/mol. The van der Waals surface area contributed by atoms with E-state index in [4.69, 9.17) is 11.6 Å². The van der Waals surface area contributed by atoms with E-state index in [0.29, 0.717) is 12.5 Å². The molecular formula is C14H22ClN3O. The predicted octanol–water partition coefficient (Wildman–Crippen LogP) is 1.78. The van der Waals surface area contributed by atoms with Gasteiger partial charge in [0.05, 0.1) is 22.0 Å². The van der Waals surface area contributed by atoms with Crippen LogP contribution in [0.2, 0.25) is 5.02 Å². The van der Waals surface area contributed by atoms with Crippen LogP contribution < -0.4 is 0 Å². The van der Waals surface area contributed by atoms with Crippen LogP contribution in [-0.4, -0.2) is 44.5 Å². The quantitative estimate of drug-likeness (QED) is 0.919. The van der Waals surface area contributed by atoms with Gasteiger partial charge in [0.2, 0.25) is 0 Å². The summed E-state index contributed by atoms with van der Waals surface area (Å²) >= 11 is 6.41. The van der Waals surface area contributed by atoms with Gasteiger partial charge >= 0.3 is 0 Å². The van der Waals surface area contributed by atoms with Crippen LogP contribution >= 0.6 is 11.6 Å². The van der Waals surface area contributed by atoms with Crippen LogP contribution in [0.15, 0.2) is 0 Å². The molecule has 0 amide bonds. The smallest absolute Gasteiger partial charge is 0.0869 e. The second-order valence-corrected chi connectivity index (χ2v) is 6.29. The Morgan fingerprint density at radius 1 is 1.47 bits per heavy atom. The molecule has 1 N–H and O–H groups in total. The van der Waals surface area contributed by atoms with Crippen LogP contribution in [0.4, 0.5) is 0 Å². The Hall–Kier alpha value is -0.580. The molecule has 2 atom stereocenters. The van der Waals surface area contributed by atoms with Crippen molar-refractivity contribution in [2.45, 2.75) is 50.7 Å². The average Bonchev–Trinajstić information content (AvgIpc) is 3.03. The van der Waals surface area contributed by atoms with Gasteiger partial charge in [0, 0.05) is 26.1 Å². The first kappa shape index (κ1) is 13.4. The summed E-state index contributed by atoms with van der Waals surface area (Å²) in [5.74, 6) is 0. The van der Waals surface area contributed by atoms with Crippen LogP contribution in [0.5, 0.6) is 0 Å². The van der Waals surface area contributed by atoms with Crippen molar-refractivity contribution in [3.8, 4) is 0 Å². The number of hydrogen-bond acceptors (Lipinski definition) is 3. The van der Waals surface area contributed by atoms with E-state index in [9.17, 15) is 5.11 Å². The van der Waals surface area contributed by atoms with Gasteiger partial charge in [-0.2, -0.15) is 5.10 Å². The minimum Gasteiger partial charge on any atom is -0.388 e. The number of halogens is 1. The summed E-state index contributed by atoms with van der Waals surface area (Å²) in [6.45, 7) is 4.20. The normalized spacial score (nSPS) is 31.1. The number of hydrogen-bond donors (Lipinski definition) is 1. The third kappa shape index (κ3) is 2.10. The Balaban J connectivity index is 1.87. The van der Waals surface area contributed by atoms with Gasteiger partial charge in [0.1, 0.15) is 0 Å². The average molecular weight is 284 g/mol. The zero-order valence-electron chi connectivity index (χ0n) is 11.7. The molecular weight excluding hydrogens is 262 g/mol. The molecule has 2 unspecified atom stereocenters. The number of rotatable bonds is 3. The Labute approximate surface area is 119 Å². The zero-order valence-corrected chi connectivity index (χ0v) is 12.4. The van der Waals surface area contributed by atoms with Gasteiger partial charge in [-0.25, -0.2) is 0 Å². The third-order valence-electron chi connectivity index (χ3n) is 4.79. The van der Waals surface area contributed by atoms with E-state index in [1.54, 1.807) is 0 Å². The van der Waals surface area contributed by atoms with Crippen LogP contribution in [0, 0.1) is 0 Å². The molecule has 0 radical (unpaired) electrons. The second kappa shape index (κ2) is 4.76. The van der Waals surface area contributed by atoms with Gasteiger partial charge in [-0.1, -0.05) is 18.5 Å². The van der Waals surface area contributed by atoms with Crippen molar-refractivity contribution in [2.75, 3.05) is 13.1 Å². The van der Waals surface area contributed by atoms with Crippen molar-refractivity contribution in [1.29, 1.82) is 0 Å².